The Morgan fingerprint density at radius 1 is 1.12 bits per heavy atom. The molecule has 2 aromatic carbocycles. The fourth-order valence-electron chi connectivity index (χ4n) is 4.05. The molecule has 0 saturated carbocycles. The Hall–Kier alpha value is -1.85. The molecule has 2 aromatic rings. The fourth-order valence-corrected chi connectivity index (χ4v) is 4.43. The highest BCUT2D eigenvalue weighted by atomic mass is 79.9. The van der Waals surface area contributed by atoms with E-state index < -0.39 is 0 Å². The molecule has 5 heteroatoms. The van der Waals surface area contributed by atoms with Gasteiger partial charge in [-0.15, -0.1) is 0 Å². The van der Waals surface area contributed by atoms with Crippen LogP contribution in [0, 0.1) is 5.92 Å². The molecule has 2 aliphatic heterocycles. The van der Waals surface area contributed by atoms with Crippen molar-refractivity contribution in [2.75, 3.05) is 32.0 Å². The molecule has 0 spiro atoms. The van der Waals surface area contributed by atoms with Crippen molar-refractivity contribution in [1.29, 1.82) is 0 Å². The Labute approximate surface area is 163 Å². The average molecular weight is 414 g/mol. The predicted molar refractivity (Wildman–Crippen MR) is 108 cm³/mol. The number of piperidine rings is 1. The number of hydrogen-bond donors (Lipinski definition) is 1. The van der Waals surface area contributed by atoms with E-state index in [0.29, 0.717) is 5.92 Å². The van der Waals surface area contributed by atoms with Crippen molar-refractivity contribution >= 4 is 27.6 Å². The molecule has 2 aliphatic rings. The van der Waals surface area contributed by atoms with Gasteiger partial charge in [0.15, 0.2) is 0 Å². The summed E-state index contributed by atoms with van der Waals surface area (Å²) in [5.41, 5.74) is 3.22. The van der Waals surface area contributed by atoms with Gasteiger partial charge in [0.05, 0.1) is 6.04 Å². The Bertz CT molecular complexity index is 787. The molecular formula is C21H24BrN3O. The van der Waals surface area contributed by atoms with Gasteiger partial charge in [0, 0.05) is 22.3 Å². The van der Waals surface area contributed by atoms with Crippen LogP contribution in [-0.2, 0) is 0 Å². The minimum absolute atomic E-state index is 0.00704. The first-order valence-electron chi connectivity index (χ1n) is 9.22. The molecule has 1 saturated heterocycles. The molecule has 1 fully saturated rings. The molecule has 1 atom stereocenters. The van der Waals surface area contributed by atoms with Gasteiger partial charge in [-0.25, -0.2) is 4.79 Å². The fraction of sp³-hybridized carbons (Fsp3) is 0.381. The van der Waals surface area contributed by atoms with E-state index >= 15 is 0 Å². The summed E-state index contributed by atoms with van der Waals surface area (Å²) >= 11 is 3.59. The first-order chi connectivity index (χ1) is 12.6. The lowest BCUT2D eigenvalue weighted by atomic mass is 9.91. The Balaban J connectivity index is 1.70. The van der Waals surface area contributed by atoms with E-state index in [2.05, 4.69) is 51.4 Å². The van der Waals surface area contributed by atoms with Crippen LogP contribution in [0.1, 0.15) is 30.0 Å². The maximum Gasteiger partial charge on any atom is 0.322 e. The minimum Gasteiger partial charge on any atom is -0.313 e. The van der Waals surface area contributed by atoms with Gasteiger partial charge in [-0.2, -0.15) is 0 Å². The second-order valence-electron chi connectivity index (χ2n) is 7.37. The molecule has 2 amide bonds. The third-order valence-corrected chi connectivity index (χ3v) is 6.02. The van der Waals surface area contributed by atoms with Gasteiger partial charge < -0.3 is 15.1 Å². The summed E-state index contributed by atoms with van der Waals surface area (Å²) in [7, 11) is 2.17. The van der Waals surface area contributed by atoms with E-state index in [1.807, 2.05) is 35.2 Å². The van der Waals surface area contributed by atoms with Crippen molar-refractivity contribution in [2.24, 2.45) is 5.92 Å². The van der Waals surface area contributed by atoms with Crippen molar-refractivity contribution < 1.29 is 4.79 Å². The number of nitrogens with one attached hydrogen (secondary N) is 1. The Kier molecular flexibility index (Phi) is 5.00. The maximum atomic E-state index is 13.0. The number of amides is 2. The number of carbonyl (C=O) groups is 1. The van der Waals surface area contributed by atoms with Crippen LogP contribution in [0.15, 0.2) is 53.0 Å². The molecule has 2 heterocycles. The Morgan fingerprint density at radius 2 is 1.85 bits per heavy atom. The number of urea groups is 1. The molecule has 0 unspecified atom stereocenters. The van der Waals surface area contributed by atoms with Crippen LogP contribution in [-0.4, -0.2) is 42.5 Å². The number of likely N-dealkylation sites (tertiary alicyclic amines) is 1. The Morgan fingerprint density at radius 3 is 2.58 bits per heavy atom. The maximum absolute atomic E-state index is 13.0. The topological polar surface area (TPSA) is 35.6 Å². The van der Waals surface area contributed by atoms with Gasteiger partial charge in [0.25, 0.3) is 0 Å². The summed E-state index contributed by atoms with van der Waals surface area (Å²) < 4.78 is 1.03. The van der Waals surface area contributed by atoms with Crippen molar-refractivity contribution in [3.05, 3.63) is 64.1 Å². The number of hydrogen-bond acceptors (Lipinski definition) is 2. The molecule has 26 heavy (non-hydrogen) atoms. The van der Waals surface area contributed by atoms with Crippen LogP contribution >= 0.6 is 15.9 Å². The molecular weight excluding hydrogens is 390 g/mol. The lowest BCUT2D eigenvalue weighted by molar-refractivity contribution is 0.150. The van der Waals surface area contributed by atoms with Crippen molar-refractivity contribution in [3.63, 3.8) is 0 Å². The summed E-state index contributed by atoms with van der Waals surface area (Å²) in [6.45, 7) is 3.02. The molecule has 0 aromatic heterocycles. The monoisotopic (exact) mass is 413 g/mol. The molecule has 4 rings (SSSR count). The van der Waals surface area contributed by atoms with Crippen molar-refractivity contribution in [1.82, 2.24) is 9.80 Å². The van der Waals surface area contributed by atoms with Crippen LogP contribution in [0.2, 0.25) is 0 Å². The third-order valence-electron chi connectivity index (χ3n) is 5.53. The molecule has 0 bridgehead atoms. The van der Waals surface area contributed by atoms with E-state index in [1.165, 1.54) is 0 Å². The van der Waals surface area contributed by atoms with Crippen LogP contribution < -0.4 is 5.32 Å². The quantitative estimate of drug-likeness (QED) is 0.789. The number of fused-ring (bicyclic) bond motifs is 1. The largest absolute Gasteiger partial charge is 0.322 e. The first-order valence-corrected chi connectivity index (χ1v) is 10.0. The van der Waals surface area contributed by atoms with Crippen LogP contribution in [0.25, 0.3) is 0 Å². The van der Waals surface area contributed by atoms with Gasteiger partial charge in [-0.3, -0.25) is 0 Å². The SMILES string of the molecule is CN1CCC(CN2C(=O)Nc3ccc(Br)cc3[C@@H]2c2ccccc2)CC1. The lowest BCUT2D eigenvalue weighted by Gasteiger charge is -2.41. The summed E-state index contributed by atoms with van der Waals surface area (Å²) in [6.07, 6.45) is 2.29. The standard InChI is InChI=1S/C21H24BrN3O/c1-24-11-9-15(10-12-24)14-25-20(16-5-3-2-4-6-16)18-13-17(22)7-8-19(18)23-21(25)26/h2-8,13,15,20H,9-12,14H2,1H3,(H,23,26)/t20-/m0/s1. The molecule has 0 aliphatic carbocycles. The highest BCUT2D eigenvalue weighted by molar-refractivity contribution is 9.10. The highest BCUT2D eigenvalue weighted by Gasteiger charge is 2.35. The smallest absolute Gasteiger partial charge is 0.313 e. The normalized spacial score (nSPS) is 21.4. The summed E-state index contributed by atoms with van der Waals surface area (Å²) in [6, 6.07) is 16.4. The van der Waals surface area contributed by atoms with E-state index in [-0.39, 0.29) is 12.1 Å². The zero-order valence-electron chi connectivity index (χ0n) is 15.0. The van der Waals surface area contributed by atoms with Crippen LogP contribution in [0.3, 0.4) is 0 Å². The zero-order valence-corrected chi connectivity index (χ0v) is 16.6. The molecule has 4 nitrogen and oxygen atoms in total. The van der Waals surface area contributed by atoms with E-state index in [0.717, 1.165) is 53.8 Å². The molecule has 1 N–H and O–H groups in total. The number of benzene rings is 2. The van der Waals surface area contributed by atoms with Crippen LogP contribution in [0.5, 0.6) is 0 Å². The van der Waals surface area contributed by atoms with E-state index in [4.69, 9.17) is 0 Å². The third kappa shape index (κ3) is 3.51. The molecule has 0 radical (unpaired) electrons. The van der Waals surface area contributed by atoms with Gasteiger partial charge in [0.1, 0.15) is 0 Å². The lowest BCUT2D eigenvalue weighted by Crippen LogP contribution is -2.46. The van der Waals surface area contributed by atoms with Crippen molar-refractivity contribution in [3.8, 4) is 0 Å². The van der Waals surface area contributed by atoms with Crippen LogP contribution in [0.4, 0.5) is 10.5 Å². The van der Waals surface area contributed by atoms with E-state index in [1.54, 1.807) is 0 Å². The summed E-state index contributed by atoms with van der Waals surface area (Å²) in [4.78, 5) is 17.4. The van der Waals surface area contributed by atoms with Gasteiger partial charge in [-0.1, -0.05) is 46.3 Å². The highest BCUT2D eigenvalue weighted by Crippen LogP contribution is 2.39. The second-order valence-corrected chi connectivity index (χ2v) is 8.29. The summed E-state index contributed by atoms with van der Waals surface area (Å²) in [5.74, 6) is 0.553. The second kappa shape index (κ2) is 7.41. The number of halogens is 1. The van der Waals surface area contributed by atoms with Crippen molar-refractivity contribution in [2.45, 2.75) is 18.9 Å². The number of carbonyl (C=O) groups excluding carboxylic acids is 1. The summed E-state index contributed by atoms with van der Waals surface area (Å²) in [5, 5.41) is 3.09. The number of rotatable bonds is 3. The van der Waals surface area contributed by atoms with E-state index in [9.17, 15) is 4.79 Å². The van der Waals surface area contributed by atoms with Gasteiger partial charge >= 0.3 is 6.03 Å². The van der Waals surface area contributed by atoms with Gasteiger partial charge in [0.2, 0.25) is 0 Å². The number of anilines is 1. The van der Waals surface area contributed by atoms with Gasteiger partial charge in [-0.05, 0) is 62.7 Å². The minimum atomic E-state index is -0.0443. The first kappa shape index (κ1) is 17.6. The number of nitrogens with zero attached hydrogens (tertiary/aromatic N) is 2. The zero-order chi connectivity index (χ0) is 18.1. The average Bonchev–Trinajstić information content (AvgIpc) is 2.65. The predicted octanol–water partition coefficient (Wildman–Crippen LogP) is 4.73. The molecule has 136 valence electrons.